The first-order chi connectivity index (χ1) is 7.76. The highest BCUT2D eigenvalue weighted by atomic mass is 31.1. The molecule has 1 rings (SSSR count). The predicted octanol–water partition coefficient (Wildman–Crippen LogP) is 3.98. The Morgan fingerprint density at radius 3 is 1.06 bits per heavy atom. The van der Waals surface area contributed by atoms with Gasteiger partial charge in [-0.3, -0.25) is 0 Å². The third-order valence-corrected chi connectivity index (χ3v) is 8.22. The molecule has 16 heavy (non-hydrogen) atoms. The lowest BCUT2D eigenvalue weighted by molar-refractivity contribution is 1.42. The Morgan fingerprint density at radius 1 is 0.625 bits per heavy atom. The zero-order chi connectivity index (χ0) is 12.0. The topological polar surface area (TPSA) is 0 Å². The van der Waals surface area contributed by atoms with Crippen LogP contribution in [-0.2, 0) is 0 Å². The lowest BCUT2D eigenvalue weighted by atomic mass is 10.4. The Hall–Kier alpha value is 0.0800. The van der Waals surface area contributed by atoms with Crippen LogP contribution >= 0.6 is 15.8 Å². The molecule has 0 heterocycles. The van der Waals surface area contributed by atoms with Crippen LogP contribution in [0.25, 0.3) is 0 Å². The van der Waals surface area contributed by atoms with Crippen LogP contribution in [-0.4, -0.2) is 24.6 Å². The van der Waals surface area contributed by atoms with Gasteiger partial charge in [0.25, 0.3) is 0 Å². The van der Waals surface area contributed by atoms with E-state index in [1.807, 2.05) is 0 Å². The molecule has 0 bridgehead atoms. The number of benzene rings is 1. The van der Waals surface area contributed by atoms with Gasteiger partial charge in [0.15, 0.2) is 0 Å². The minimum absolute atomic E-state index is 0.116. The van der Waals surface area contributed by atoms with Crippen LogP contribution in [0.2, 0.25) is 0 Å². The molecule has 0 saturated carbocycles. The molecule has 0 saturated heterocycles. The van der Waals surface area contributed by atoms with Crippen molar-refractivity contribution < 1.29 is 0 Å². The maximum atomic E-state index is 2.38. The van der Waals surface area contributed by atoms with Gasteiger partial charge in [0, 0.05) is 0 Å². The van der Waals surface area contributed by atoms with E-state index in [9.17, 15) is 0 Å². The molecule has 0 nitrogen and oxygen atoms in total. The zero-order valence-electron chi connectivity index (χ0n) is 11.0. The molecule has 0 unspecified atom stereocenters. The first-order valence-corrected chi connectivity index (χ1v) is 9.79. The summed E-state index contributed by atoms with van der Waals surface area (Å²) in [5.74, 6) is 0. The van der Waals surface area contributed by atoms with E-state index in [0.717, 1.165) is 0 Å². The highest BCUT2D eigenvalue weighted by Gasteiger charge is 2.08. The lowest BCUT2D eigenvalue weighted by Crippen LogP contribution is -2.10. The van der Waals surface area contributed by atoms with Gasteiger partial charge >= 0.3 is 0 Å². The Kier molecular flexibility index (Phi) is 6.55. The lowest BCUT2D eigenvalue weighted by Gasteiger charge is -2.17. The molecule has 0 spiro atoms. The van der Waals surface area contributed by atoms with E-state index in [1.54, 1.807) is 10.6 Å². The number of rotatable bonds is 6. The summed E-state index contributed by atoms with van der Waals surface area (Å²) in [7, 11) is 0.231. The molecule has 2 heteroatoms. The third-order valence-electron chi connectivity index (χ3n) is 3.11. The fourth-order valence-corrected chi connectivity index (χ4v) is 5.55. The van der Waals surface area contributed by atoms with Crippen molar-refractivity contribution in [1.29, 1.82) is 0 Å². The second-order valence-corrected chi connectivity index (χ2v) is 9.58. The Morgan fingerprint density at radius 2 is 0.875 bits per heavy atom. The Bertz CT molecular complexity index is 253. The summed E-state index contributed by atoms with van der Waals surface area (Å²) < 4.78 is 0. The highest BCUT2D eigenvalue weighted by molar-refractivity contribution is 7.66. The van der Waals surface area contributed by atoms with E-state index in [4.69, 9.17) is 0 Å². The molecule has 0 N–H and O–H groups in total. The van der Waals surface area contributed by atoms with E-state index in [0.29, 0.717) is 0 Å². The molecule has 0 amide bonds. The summed E-state index contributed by atoms with van der Waals surface area (Å²) in [5, 5.41) is 3.18. The van der Waals surface area contributed by atoms with Gasteiger partial charge in [0.1, 0.15) is 0 Å². The van der Waals surface area contributed by atoms with Crippen molar-refractivity contribution in [3.63, 3.8) is 0 Å². The van der Waals surface area contributed by atoms with Gasteiger partial charge in [-0.15, -0.1) is 0 Å². The normalized spacial score (nSPS) is 11.4. The summed E-state index contributed by atoms with van der Waals surface area (Å²) in [6.45, 7) is 9.25. The average Bonchev–Trinajstić information content (AvgIpc) is 2.34. The van der Waals surface area contributed by atoms with Crippen LogP contribution in [0, 0.1) is 0 Å². The van der Waals surface area contributed by atoms with Gasteiger partial charge in [-0.25, -0.2) is 0 Å². The summed E-state index contributed by atoms with van der Waals surface area (Å²) in [4.78, 5) is 0. The molecule has 0 fully saturated rings. The first kappa shape index (κ1) is 14.1. The molecule has 1 aromatic carbocycles. The molecule has 0 aromatic heterocycles. The van der Waals surface area contributed by atoms with Crippen LogP contribution < -0.4 is 10.6 Å². The van der Waals surface area contributed by atoms with Crippen molar-refractivity contribution in [2.24, 2.45) is 0 Å². The smallest absolute Gasteiger partial charge is 0.0240 e. The van der Waals surface area contributed by atoms with E-state index in [2.05, 4.69) is 52.0 Å². The summed E-state index contributed by atoms with van der Waals surface area (Å²) >= 11 is 0. The van der Waals surface area contributed by atoms with Crippen molar-refractivity contribution in [3.8, 4) is 0 Å². The standard InChI is InChI=1S/C14H24P2/c1-5-15(6-2)13-9-11-14(12-10-13)16(7-3)8-4/h9-12H,5-8H2,1-4H3. The van der Waals surface area contributed by atoms with Crippen molar-refractivity contribution in [2.45, 2.75) is 27.7 Å². The molecule has 1 aromatic rings. The van der Waals surface area contributed by atoms with Crippen molar-refractivity contribution in [3.05, 3.63) is 24.3 Å². The van der Waals surface area contributed by atoms with Crippen molar-refractivity contribution in [1.82, 2.24) is 0 Å². The zero-order valence-corrected chi connectivity index (χ0v) is 12.8. The van der Waals surface area contributed by atoms with E-state index >= 15 is 0 Å². The maximum Gasteiger partial charge on any atom is -0.0240 e. The van der Waals surface area contributed by atoms with Gasteiger partial charge < -0.3 is 0 Å². The summed E-state index contributed by atoms with van der Waals surface area (Å²) in [6, 6.07) is 9.53. The predicted molar refractivity (Wildman–Crippen MR) is 81.7 cm³/mol. The monoisotopic (exact) mass is 254 g/mol. The van der Waals surface area contributed by atoms with Crippen molar-refractivity contribution >= 4 is 26.5 Å². The van der Waals surface area contributed by atoms with Gasteiger partial charge in [0.2, 0.25) is 0 Å². The van der Waals surface area contributed by atoms with Crippen LogP contribution in [0.4, 0.5) is 0 Å². The molecular weight excluding hydrogens is 230 g/mol. The van der Waals surface area contributed by atoms with Crippen LogP contribution in [0.5, 0.6) is 0 Å². The van der Waals surface area contributed by atoms with Gasteiger partial charge in [-0.2, -0.15) is 0 Å². The van der Waals surface area contributed by atoms with Crippen LogP contribution in [0.15, 0.2) is 24.3 Å². The van der Waals surface area contributed by atoms with Crippen LogP contribution in [0.3, 0.4) is 0 Å². The minimum atomic E-state index is 0.116. The fourth-order valence-electron chi connectivity index (χ4n) is 2.05. The molecule has 0 aliphatic carbocycles. The molecule has 0 aliphatic heterocycles. The van der Waals surface area contributed by atoms with E-state index in [1.165, 1.54) is 24.6 Å². The van der Waals surface area contributed by atoms with Crippen LogP contribution in [0.1, 0.15) is 27.7 Å². The second kappa shape index (κ2) is 7.41. The minimum Gasteiger partial charge on any atom is -0.0759 e. The highest BCUT2D eigenvalue weighted by Crippen LogP contribution is 2.35. The maximum absolute atomic E-state index is 2.38. The van der Waals surface area contributed by atoms with Crippen molar-refractivity contribution in [2.75, 3.05) is 24.6 Å². The molecule has 0 aliphatic rings. The Labute approximate surface area is 103 Å². The van der Waals surface area contributed by atoms with Gasteiger partial charge in [0.05, 0.1) is 0 Å². The largest absolute Gasteiger partial charge is 0.0759 e. The van der Waals surface area contributed by atoms with Gasteiger partial charge in [-0.05, 0) is 35.3 Å². The average molecular weight is 254 g/mol. The molecule has 0 atom stereocenters. The summed E-state index contributed by atoms with van der Waals surface area (Å²) in [6.07, 6.45) is 5.28. The van der Waals surface area contributed by atoms with E-state index in [-0.39, 0.29) is 15.8 Å². The summed E-state index contributed by atoms with van der Waals surface area (Å²) in [5.41, 5.74) is 0. The third kappa shape index (κ3) is 3.54. The molecule has 90 valence electrons. The van der Waals surface area contributed by atoms with E-state index < -0.39 is 0 Å². The second-order valence-electron chi connectivity index (χ2n) is 3.86. The quantitative estimate of drug-likeness (QED) is 0.674. The molecular formula is C14H24P2. The number of hydrogen-bond acceptors (Lipinski definition) is 0. The SMILES string of the molecule is CCP(CC)c1ccc(P(CC)CC)cc1. The van der Waals surface area contributed by atoms with Gasteiger partial charge in [-0.1, -0.05) is 67.8 Å². The Balaban J connectivity index is 2.81. The first-order valence-electron chi connectivity index (χ1n) is 6.36. The number of hydrogen-bond donors (Lipinski definition) is 0. The fraction of sp³-hybridized carbons (Fsp3) is 0.571. The molecule has 0 radical (unpaired) electrons.